The maximum absolute atomic E-state index is 12.4. The maximum Gasteiger partial charge on any atom is 0.238 e. The Morgan fingerprint density at radius 2 is 1.84 bits per heavy atom. The third kappa shape index (κ3) is 4.04. The molecule has 1 aliphatic rings. The number of halogens is 1. The molecule has 25 heavy (non-hydrogen) atoms. The number of nitrogens with zero attached hydrogens (tertiary/aromatic N) is 3. The Hall–Kier alpha value is -1.86. The number of carbonyl (C=O) groups is 1. The van der Waals surface area contributed by atoms with Crippen LogP contribution in [0.3, 0.4) is 0 Å². The third-order valence-corrected chi connectivity index (χ3v) is 6.48. The van der Waals surface area contributed by atoms with E-state index < -0.39 is 15.6 Å². The third-order valence-electron chi connectivity index (χ3n) is 4.61. The summed E-state index contributed by atoms with van der Waals surface area (Å²) in [5, 5.41) is 4.64. The van der Waals surface area contributed by atoms with Crippen molar-refractivity contribution in [3.05, 3.63) is 47.2 Å². The molecule has 1 aromatic heterocycles. The molecule has 0 bridgehead atoms. The van der Waals surface area contributed by atoms with Gasteiger partial charge in [-0.05, 0) is 43.2 Å². The van der Waals surface area contributed by atoms with Crippen molar-refractivity contribution >= 4 is 27.3 Å². The lowest BCUT2D eigenvalue weighted by Crippen LogP contribution is -2.41. The van der Waals surface area contributed by atoms with Crippen LogP contribution in [0.25, 0.3) is 0 Å². The van der Waals surface area contributed by atoms with Gasteiger partial charge in [0.2, 0.25) is 5.91 Å². The Balaban J connectivity index is 1.61. The lowest BCUT2D eigenvalue weighted by molar-refractivity contribution is -0.129. The highest BCUT2D eigenvalue weighted by Crippen LogP contribution is 2.27. The number of aryl methyl sites for hydroxylation is 1. The van der Waals surface area contributed by atoms with Crippen LogP contribution in [0.5, 0.6) is 0 Å². The average Bonchev–Trinajstić information content (AvgIpc) is 3.01. The zero-order valence-corrected chi connectivity index (χ0v) is 15.5. The zero-order chi connectivity index (χ0) is 18.0. The Kier molecular flexibility index (Phi) is 5.15. The fourth-order valence-electron chi connectivity index (χ4n) is 3.19. The molecule has 0 saturated carbocycles. The van der Waals surface area contributed by atoms with E-state index >= 15 is 0 Å². The predicted octanol–water partition coefficient (Wildman–Crippen LogP) is 2.25. The van der Waals surface area contributed by atoms with Crippen molar-refractivity contribution in [2.45, 2.75) is 23.7 Å². The molecule has 0 unspecified atom stereocenters. The van der Waals surface area contributed by atoms with Gasteiger partial charge in [-0.2, -0.15) is 5.10 Å². The van der Waals surface area contributed by atoms with Gasteiger partial charge in [0.25, 0.3) is 0 Å². The summed E-state index contributed by atoms with van der Waals surface area (Å²) in [6, 6.07) is 7.88. The molecule has 8 heteroatoms. The molecule has 1 fully saturated rings. The van der Waals surface area contributed by atoms with Crippen molar-refractivity contribution in [1.82, 2.24) is 14.7 Å². The fraction of sp³-hybridized carbons (Fsp3) is 0.412. The lowest BCUT2D eigenvalue weighted by Gasteiger charge is -2.32. The molecule has 2 heterocycles. The summed E-state index contributed by atoms with van der Waals surface area (Å²) in [4.78, 5) is 14.2. The minimum Gasteiger partial charge on any atom is -0.342 e. The number of carbonyl (C=O) groups excluding carboxylic acids is 1. The summed E-state index contributed by atoms with van der Waals surface area (Å²) >= 11 is 5.78. The van der Waals surface area contributed by atoms with Crippen molar-refractivity contribution in [2.24, 2.45) is 7.05 Å². The molecule has 0 aliphatic carbocycles. The van der Waals surface area contributed by atoms with Gasteiger partial charge in [0.15, 0.2) is 9.84 Å². The van der Waals surface area contributed by atoms with Crippen LogP contribution < -0.4 is 0 Å². The first-order valence-electron chi connectivity index (χ1n) is 8.11. The molecule has 0 radical (unpaired) electrons. The fourth-order valence-corrected chi connectivity index (χ4v) is 4.54. The Labute approximate surface area is 152 Å². The average molecular weight is 382 g/mol. The van der Waals surface area contributed by atoms with Crippen LogP contribution in [0.2, 0.25) is 5.02 Å². The van der Waals surface area contributed by atoms with Crippen LogP contribution >= 0.6 is 11.6 Å². The lowest BCUT2D eigenvalue weighted by atomic mass is 9.93. The molecule has 1 aliphatic heterocycles. The van der Waals surface area contributed by atoms with E-state index in [1.807, 2.05) is 17.8 Å². The van der Waals surface area contributed by atoms with E-state index in [2.05, 4.69) is 5.10 Å². The van der Waals surface area contributed by atoms with Gasteiger partial charge in [0, 0.05) is 43.0 Å². The Morgan fingerprint density at radius 1 is 1.20 bits per heavy atom. The molecule has 3 rings (SSSR count). The van der Waals surface area contributed by atoms with Crippen LogP contribution in [-0.2, 0) is 21.7 Å². The molecular formula is C17H20ClN3O3S. The topological polar surface area (TPSA) is 72.3 Å². The van der Waals surface area contributed by atoms with Crippen LogP contribution in [0, 0.1) is 0 Å². The summed E-state index contributed by atoms with van der Waals surface area (Å²) in [6.45, 7) is 1.12. The summed E-state index contributed by atoms with van der Waals surface area (Å²) in [5.41, 5.74) is 1.15. The number of hydrogen-bond donors (Lipinski definition) is 0. The highest BCUT2D eigenvalue weighted by molar-refractivity contribution is 7.92. The molecule has 1 amide bonds. The van der Waals surface area contributed by atoms with Gasteiger partial charge in [-0.1, -0.05) is 11.6 Å². The highest BCUT2D eigenvalue weighted by atomic mass is 35.5. The first kappa shape index (κ1) is 17.9. The second kappa shape index (κ2) is 7.17. The van der Waals surface area contributed by atoms with Gasteiger partial charge < -0.3 is 4.90 Å². The Morgan fingerprint density at radius 3 is 2.40 bits per heavy atom. The van der Waals surface area contributed by atoms with Crippen molar-refractivity contribution in [3.63, 3.8) is 0 Å². The molecule has 0 atom stereocenters. The van der Waals surface area contributed by atoms with Crippen molar-refractivity contribution < 1.29 is 13.2 Å². The van der Waals surface area contributed by atoms with Crippen molar-refractivity contribution in [1.29, 1.82) is 0 Å². The molecule has 1 aromatic carbocycles. The molecule has 6 nitrogen and oxygen atoms in total. The van der Waals surface area contributed by atoms with Crippen molar-refractivity contribution in [3.8, 4) is 0 Å². The maximum atomic E-state index is 12.4. The van der Waals surface area contributed by atoms with Crippen LogP contribution in [0.1, 0.15) is 24.5 Å². The van der Waals surface area contributed by atoms with Crippen LogP contribution in [0.15, 0.2) is 41.4 Å². The monoisotopic (exact) mass is 381 g/mol. The molecular weight excluding hydrogens is 362 g/mol. The first-order valence-corrected chi connectivity index (χ1v) is 10.1. The number of amides is 1. The molecule has 1 saturated heterocycles. The minimum atomic E-state index is -3.65. The van der Waals surface area contributed by atoms with Gasteiger partial charge in [0.05, 0.1) is 4.90 Å². The number of benzene rings is 1. The SMILES string of the molecule is Cn1nccc1C1CCN(C(=O)CS(=O)(=O)c2ccc(Cl)cc2)CC1. The molecule has 0 N–H and O–H groups in total. The second-order valence-electron chi connectivity index (χ2n) is 6.25. The van der Waals surface area contributed by atoms with E-state index in [1.54, 1.807) is 11.1 Å². The van der Waals surface area contributed by atoms with Gasteiger partial charge in [0.1, 0.15) is 5.75 Å². The Bertz CT molecular complexity index is 854. The smallest absolute Gasteiger partial charge is 0.238 e. The second-order valence-corrected chi connectivity index (χ2v) is 8.67. The first-order chi connectivity index (χ1) is 11.9. The zero-order valence-electron chi connectivity index (χ0n) is 13.9. The van der Waals surface area contributed by atoms with E-state index in [1.165, 1.54) is 24.3 Å². The van der Waals surface area contributed by atoms with Gasteiger partial charge in [-0.15, -0.1) is 0 Å². The van der Waals surface area contributed by atoms with E-state index in [9.17, 15) is 13.2 Å². The van der Waals surface area contributed by atoms with E-state index in [4.69, 9.17) is 11.6 Å². The van der Waals surface area contributed by atoms with Gasteiger partial charge in [-0.25, -0.2) is 8.42 Å². The van der Waals surface area contributed by atoms with Crippen LogP contribution in [0.4, 0.5) is 0 Å². The normalized spacial score (nSPS) is 16.2. The van der Waals surface area contributed by atoms with Gasteiger partial charge in [-0.3, -0.25) is 9.48 Å². The van der Waals surface area contributed by atoms with E-state index in [-0.39, 0.29) is 10.8 Å². The summed E-state index contributed by atoms with van der Waals surface area (Å²) in [6.07, 6.45) is 3.39. The number of hydrogen-bond acceptors (Lipinski definition) is 4. The highest BCUT2D eigenvalue weighted by Gasteiger charge is 2.28. The minimum absolute atomic E-state index is 0.120. The van der Waals surface area contributed by atoms with Crippen molar-refractivity contribution in [2.75, 3.05) is 18.8 Å². The molecule has 2 aromatic rings. The standard InChI is InChI=1S/C17H20ClN3O3S/c1-20-16(6-9-19-20)13-7-10-21(11-8-13)17(22)12-25(23,24)15-4-2-14(18)3-5-15/h2-6,9,13H,7-8,10-12H2,1H3. The quantitative estimate of drug-likeness (QED) is 0.814. The van der Waals surface area contributed by atoms with Crippen LogP contribution in [-0.4, -0.2) is 47.8 Å². The molecule has 0 spiro atoms. The van der Waals surface area contributed by atoms with E-state index in [0.29, 0.717) is 24.0 Å². The predicted molar refractivity (Wildman–Crippen MR) is 95.3 cm³/mol. The summed E-state index contributed by atoms with van der Waals surface area (Å²) in [5.74, 6) is -0.506. The number of piperidine rings is 1. The number of aromatic nitrogens is 2. The number of likely N-dealkylation sites (tertiary alicyclic amines) is 1. The summed E-state index contributed by atoms with van der Waals surface area (Å²) < 4.78 is 26.6. The summed E-state index contributed by atoms with van der Waals surface area (Å²) in [7, 11) is -1.74. The number of rotatable bonds is 4. The van der Waals surface area contributed by atoms with E-state index in [0.717, 1.165) is 18.5 Å². The number of sulfone groups is 1. The largest absolute Gasteiger partial charge is 0.342 e. The van der Waals surface area contributed by atoms with Gasteiger partial charge >= 0.3 is 0 Å². The molecule has 134 valence electrons.